The van der Waals surface area contributed by atoms with Crippen LogP contribution in [0.4, 0.5) is 0 Å². The molecule has 3 heterocycles. The predicted octanol–water partition coefficient (Wildman–Crippen LogP) is 1.71. The summed E-state index contributed by atoms with van der Waals surface area (Å²) in [5, 5.41) is 0.980. The maximum Gasteiger partial charge on any atom is 0.270 e. The average molecular weight is 370 g/mol. The molecular weight excluding hydrogens is 352 g/mol. The van der Waals surface area contributed by atoms with Gasteiger partial charge in [0, 0.05) is 49.5 Å². The fraction of sp³-hybridized carbons (Fsp3) is 0.222. The van der Waals surface area contributed by atoms with Gasteiger partial charge in [-0.25, -0.2) is 8.42 Å². The van der Waals surface area contributed by atoms with Gasteiger partial charge in [0.1, 0.15) is 10.6 Å². The van der Waals surface area contributed by atoms with Gasteiger partial charge in [0.2, 0.25) is 10.0 Å². The Hall–Kier alpha value is -2.71. The Morgan fingerprint density at radius 1 is 1.04 bits per heavy atom. The van der Waals surface area contributed by atoms with Crippen molar-refractivity contribution in [3.8, 4) is 0 Å². The van der Waals surface area contributed by atoms with E-state index in [4.69, 9.17) is 0 Å². The van der Waals surface area contributed by atoms with Crippen molar-refractivity contribution in [3.05, 3.63) is 60.6 Å². The first-order valence-electron chi connectivity index (χ1n) is 8.33. The molecular formula is C18H18N4O3S. The predicted molar refractivity (Wildman–Crippen MR) is 97.2 cm³/mol. The van der Waals surface area contributed by atoms with E-state index in [-0.39, 0.29) is 23.9 Å². The number of para-hydroxylation sites is 1. The van der Waals surface area contributed by atoms with Crippen LogP contribution in [0.1, 0.15) is 10.5 Å². The SMILES string of the molecule is O=C(c1cc2ccccc2[nH]1)N1CCN(S(=O)(=O)c2cccnc2)CC1. The minimum absolute atomic E-state index is 0.111. The summed E-state index contributed by atoms with van der Waals surface area (Å²) in [7, 11) is -3.57. The lowest BCUT2D eigenvalue weighted by atomic mass is 10.2. The Bertz CT molecular complexity index is 1010. The highest BCUT2D eigenvalue weighted by atomic mass is 32.2. The maximum absolute atomic E-state index is 12.7. The van der Waals surface area contributed by atoms with Gasteiger partial charge in [0.15, 0.2) is 0 Å². The van der Waals surface area contributed by atoms with Crippen molar-refractivity contribution in [2.24, 2.45) is 0 Å². The van der Waals surface area contributed by atoms with Crippen LogP contribution in [-0.4, -0.2) is 59.7 Å². The molecule has 1 amide bonds. The highest BCUT2D eigenvalue weighted by Crippen LogP contribution is 2.19. The van der Waals surface area contributed by atoms with E-state index in [2.05, 4.69) is 9.97 Å². The highest BCUT2D eigenvalue weighted by Gasteiger charge is 2.30. The number of carbonyl (C=O) groups excluding carboxylic acids is 1. The number of piperazine rings is 1. The average Bonchev–Trinajstić information content (AvgIpc) is 3.12. The third kappa shape index (κ3) is 2.97. The Morgan fingerprint density at radius 3 is 2.50 bits per heavy atom. The summed E-state index contributed by atoms with van der Waals surface area (Å²) in [4.78, 5) is 21.6. The topological polar surface area (TPSA) is 86.4 Å². The molecule has 0 bridgehead atoms. The van der Waals surface area contributed by atoms with Gasteiger partial charge < -0.3 is 9.88 Å². The van der Waals surface area contributed by atoms with Gasteiger partial charge in [-0.2, -0.15) is 4.31 Å². The number of amides is 1. The van der Waals surface area contributed by atoms with Gasteiger partial charge in [0.25, 0.3) is 5.91 Å². The zero-order valence-corrected chi connectivity index (χ0v) is 14.8. The first-order chi connectivity index (χ1) is 12.6. The van der Waals surface area contributed by atoms with Crippen LogP contribution in [-0.2, 0) is 10.0 Å². The summed E-state index contributed by atoms with van der Waals surface area (Å²) < 4.78 is 26.7. The Morgan fingerprint density at radius 2 is 1.81 bits per heavy atom. The molecule has 0 radical (unpaired) electrons. The van der Waals surface area contributed by atoms with E-state index in [1.165, 1.54) is 22.8 Å². The van der Waals surface area contributed by atoms with Gasteiger partial charge in [-0.05, 0) is 24.3 Å². The van der Waals surface area contributed by atoms with Crippen molar-refractivity contribution in [2.75, 3.05) is 26.2 Å². The number of aromatic amines is 1. The maximum atomic E-state index is 12.7. The summed E-state index contributed by atoms with van der Waals surface area (Å²) in [5.74, 6) is -0.111. The Balaban J connectivity index is 1.47. The normalized spacial score (nSPS) is 16.1. The summed E-state index contributed by atoms with van der Waals surface area (Å²) >= 11 is 0. The molecule has 3 aromatic rings. The van der Waals surface area contributed by atoms with Crippen LogP contribution >= 0.6 is 0 Å². The number of aromatic nitrogens is 2. The largest absolute Gasteiger partial charge is 0.351 e. The van der Waals surface area contributed by atoms with Crippen LogP contribution in [0.25, 0.3) is 10.9 Å². The molecule has 2 aromatic heterocycles. The third-order valence-corrected chi connectivity index (χ3v) is 6.44. The number of pyridine rings is 1. The van der Waals surface area contributed by atoms with Crippen molar-refractivity contribution in [2.45, 2.75) is 4.90 Å². The number of rotatable bonds is 3. The number of fused-ring (bicyclic) bond motifs is 1. The first kappa shape index (κ1) is 16.7. The van der Waals surface area contributed by atoms with Crippen LogP contribution in [0.3, 0.4) is 0 Å². The number of nitrogens with zero attached hydrogens (tertiary/aromatic N) is 3. The lowest BCUT2D eigenvalue weighted by Gasteiger charge is -2.33. The second-order valence-electron chi connectivity index (χ2n) is 6.16. The van der Waals surface area contributed by atoms with Gasteiger partial charge >= 0.3 is 0 Å². The minimum atomic E-state index is -3.57. The lowest BCUT2D eigenvalue weighted by molar-refractivity contribution is 0.0693. The zero-order valence-electron chi connectivity index (χ0n) is 14.0. The molecule has 1 saturated heterocycles. The number of nitrogens with one attached hydrogen (secondary N) is 1. The molecule has 8 heteroatoms. The highest BCUT2D eigenvalue weighted by molar-refractivity contribution is 7.89. The summed E-state index contributed by atoms with van der Waals surface area (Å²) in [6, 6.07) is 12.7. The number of hydrogen-bond acceptors (Lipinski definition) is 4. The molecule has 134 valence electrons. The summed E-state index contributed by atoms with van der Waals surface area (Å²) in [6.45, 7) is 1.24. The van der Waals surface area contributed by atoms with Crippen molar-refractivity contribution in [3.63, 3.8) is 0 Å². The van der Waals surface area contributed by atoms with E-state index in [0.29, 0.717) is 18.8 Å². The molecule has 1 aliphatic heterocycles. The summed E-state index contributed by atoms with van der Waals surface area (Å²) in [6.07, 6.45) is 2.88. The Kier molecular flexibility index (Phi) is 4.21. The van der Waals surface area contributed by atoms with Crippen LogP contribution in [0.2, 0.25) is 0 Å². The minimum Gasteiger partial charge on any atom is -0.351 e. The molecule has 0 aliphatic carbocycles. The molecule has 0 atom stereocenters. The van der Waals surface area contributed by atoms with E-state index in [1.807, 2.05) is 30.3 Å². The number of benzene rings is 1. The molecule has 4 rings (SSSR count). The molecule has 1 fully saturated rings. The van der Waals surface area contributed by atoms with E-state index in [1.54, 1.807) is 11.0 Å². The fourth-order valence-corrected chi connectivity index (χ4v) is 4.53. The van der Waals surface area contributed by atoms with Gasteiger partial charge in [0.05, 0.1) is 0 Å². The molecule has 1 N–H and O–H groups in total. The second-order valence-corrected chi connectivity index (χ2v) is 8.09. The number of carbonyl (C=O) groups is 1. The molecule has 0 unspecified atom stereocenters. The molecule has 1 aromatic carbocycles. The monoisotopic (exact) mass is 370 g/mol. The van der Waals surface area contributed by atoms with Crippen molar-refractivity contribution in [1.82, 2.24) is 19.2 Å². The molecule has 7 nitrogen and oxygen atoms in total. The fourth-order valence-electron chi connectivity index (χ4n) is 3.14. The molecule has 26 heavy (non-hydrogen) atoms. The standard InChI is InChI=1S/C18H18N4O3S/c23-18(17-12-14-4-1-2-6-16(14)20-17)21-8-10-22(11-9-21)26(24,25)15-5-3-7-19-13-15/h1-7,12-13,20H,8-11H2. The van der Waals surface area contributed by atoms with Crippen molar-refractivity contribution >= 4 is 26.8 Å². The van der Waals surface area contributed by atoms with Crippen molar-refractivity contribution in [1.29, 1.82) is 0 Å². The zero-order chi connectivity index (χ0) is 18.1. The van der Waals surface area contributed by atoms with E-state index in [9.17, 15) is 13.2 Å². The smallest absolute Gasteiger partial charge is 0.270 e. The van der Waals surface area contributed by atoms with Gasteiger partial charge in [-0.15, -0.1) is 0 Å². The molecule has 1 aliphatic rings. The van der Waals surface area contributed by atoms with Crippen molar-refractivity contribution < 1.29 is 13.2 Å². The Labute approximate surface area is 151 Å². The summed E-state index contributed by atoms with van der Waals surface area (Å²) in [5.41, 5.74) is 1.43. The van der Waals surface area contributed by atoms with Gasteiger partial charge in [-0.1, -0.05) is 18.2 Å². The van der Waals surface area contributed by atoms with Gasteiger partial charge in [-0.3, -0.25) is 9.78 Å². The van der Waals surface area contributed by atoms with E-state index in [0.717, 1.165) is 10.9 Å². The van der Waals surface area contributed by atoms with Crippen LogP contribution in [0.5, 0.6) is 0 Å². The van der Waals surface area contributed by atoms with Crippen LogP contribution < -0.4 is 0 Å². The number of H-pyrrole nitrogens is 1. The molecule has 0 spiro atoms. The number of hydrogen-bond donors (Lipinski definition) is 1. The number of sulfonamides is 1. The lowest BCUT2D eigenvalue weighted by Crippen LogP contribution is -2.50. The molecule has 0 saturated carbocycles. The van der Waals surface area contributed by atoms with Crippen LogP contribution in [0.15, 0.2) is 59.8 Å². The quantitative estimate of drug-likeness (QED) is 0.760. The second kappa shape index (κ2) is 6.54. The van der Waals surface area contributed by atoms with E-state index < -0.39 is 10.0 Å². The van der Waals surface area contributed by atoms with Crippen LogP contribution in [0, 0.1) is 0 Å². The van der Waals surface area contributed by atoms with E-state index >= 15 is 0 Å². The third-order valence-electron chi connectivity index (χ3n) is 4.56. The first-order valence-corrected chi connectivity index (χ1v) is 9.77.